The van der Waals surface area contributed by atoms with E-state index in [1.165, 1.54) is 24.3 Å². The second-order valence-electron chi connectivity index (χ2n) is 5.17. The maximum atomic E-state index is 13.1. The molecular weight excluding hydrogens is 335 g/mol. The van der Waals surface area contributed by atoms with E-state index >= 15 is 0 Å². The van der Waals surface area contributed by atoms with E-state index in [0.717, 1.165) is 12.1 Å². The van der Waals surface area contributed by atoms with Crippen LogP contribution >= 0.6 is 0 Å². The molecular formula is C15H9F5N2O2. The molecule has 0 amide bonds. The van der Waals surface area contributed by atoms with Crippen molar-refractivity contribution in [3.8, 4) is 11.1 Å². The number of benzene rings is 1. The standard InChI is InChI=1S/C15H9F5N2O2/c16-12-5-10(6-13(17)21-12)8-1-3-9(4-2-8)11-7-14(23,24-22-11)15(18,19)20/h1-6,23H,7H2. The Morgan fingerprint density at radius 3 is 2.00 bits per heavy atom. The van der Waals surface area contributed by atoms with E-state index in [1.807, 2.05) is 0 Å². The largest absolute Gasteiger partial charge is 0.458 e. The highest BCUT2D eigenvalue weighted by Gasteiger charge is 2.60. The molecule has 126 valence electrons. The van der Waals surface area contributed by atoms with Crippen LogP contribution in [0.15, 0.2) is 41.6 Å². The van der Waals surface area contributed by atoms with Crippen LogP contribution in [0.25, 0.3) is 11.1 Å². The molecule has 1 N–H and O–H groups in total. The number of oxime groups is 1. The third-order valence-electron chi connectivity index (χ3n) is 3.47. The molecule has 9 heteroatoms. The number of alkyl halides is 3. The molecule has 2 aromatic rings. The summed E-state index contributed by atoms with van der Waals surface area (Å²) in [5.41, 5.74) is 0.856. The second kappa shape index (κ2) is 5.52. The third kappa shape index (κ3) is 2.94. The van der Waals surface area contributed by atoms with Gasteiger partial charge >= 0.3 is 12.0 Å². The van der Waals surface area contributed by atoms with Crippen LogP contribution in [0.1, 0.15) is 12.0 Å². The molecule has 0 saturated heterocycles. The van der Waals surface area contributed by atoms with Gasteiger partial charge in [-0.2, -0.15) is 26.9 Å². The molecule has 2 heterocycles. The van der Waals surface area contributed by atoms with Crippen LogP contribution in [0.5, 0.6) is 0 Å². The fourth-order valence-corrected chi connectivity index (χ4v) is 2.22. The smallest absolute Gasteiger partial charge is 0.350 e. The van der Waals surface area contributed by atoms with Crippen LogP contribution in [0.2, 0.25) is 0 Å². The lowest BCUT2D eigenvalue weighted by atomic mass is 9.99. The fraction of sp³-hybridized carbons (Fsp3) is 0.200. The van der Waals surface area contributed by atoms with Crippen LogP contribution in [0.4, 0.5) is 22.0 Å². The highest BCUT2D eigenvalue weighted by Crippen LogP contribution is 2.39. The Hall–Kier alpha value is -2.55. The molecule has 3 rings (SSSR count). The molecule has 0 saturated carbocycles. The minimum absolute atomic E-state index is 0.0894. The van der Waals surface area contributed by atoms with Gasteiger partial charge in [-0.3, -0.25) is 0 Å². The van der Waals surface area contributed by atoms with Crippen molar-refractivity contribution in [3.05, 3.63) is 53.9 Å². The molecule has 1 aromatic carbocycles. The SMILES string of the molecule is OC1(C(F)(F)F)CC(c2ccc(-c3cc(F)nc(F)c3)cc2)=NO1. The van der Waals surface area contributed by atoms with E-state index < -0.39 is 30.3 Å². The van der Waals surface area contributed by atoms with E-state index in [0.29, 0.717) is 5.56 Å². The lowest BCUT2D eigenvalue weighted by Crippen LogP contribution is -2.45. The molecule has 4 nitrogen and oxygen atoms in total. The molecule has 24 heavy (non-hydrogen) atoms. The average Bonchev–Trinajstić information content (AvgIpc) is 2.90. The lowest BCUT2D eigenvalue weighted by molar-refractivity contribution is -0.355. The van der Waals surface area contributed by atoms with Gasteiger partial charge < -0.3 is 9.94 Å². The summed E-state index contributed by atoms with van der Waals surface area (Å²) in [5, 5.41) is 12.7. The van der Waals surface area contributed by atoms with Gasteiger partial charge in [0.05, 0.1) is 12.1 Å². The third-order valence-corrected chi connectivity index (χ3v) is 3.47. The number of halogens is 5. The summed E-state index contributed by atoms with van der Waals surface area (Å²) >= 11 is 0. The van der Waals surface area contributed by atoms with Crippen LogP contribution < -0.4 is 0 Å². The first-order chi connectivity index (χ1) is 11.2. The number of pyridine rings is 1. The topological polar surface area (TPSA) is 54.7 Å². The maximum Gasteiger partial charge on any atom is 0.458 e. The quantitative estimate of drug-likeness (QED) is 0.671. The number of hydrogen-bond acceptors (Lipinski definition) is 4. The number of aliphatic hydroxyl groups is 1. The van der Waals surface area contributed by atoms with E-state index in [-0.39, 0.29) is 16.8 Å². The zero-order valence-corrected chi connectivity index (χ0v) is 11.8. The van der Waals surface area contributed by atoms with Gasteiger partial charge in [0.15, 0.2) is 0 Å². The molecule has 0 spiro atoms. The van der Waals surface area contributed by atoms with Crippen molar-refractivity contribution in [1.82, 2.24) is 4.98 Å². The van der Waals surface area contributed by atoms with E-state index in [4.69, 9.17) is 0 Å². The van der Waals surface area contributed by atoms with Gasteiger partial charge in [-0.15, -0.1) is 0 Å². The summed E-state index contributed by atoms with van der Waals surface area (Å²) in [4.78, 5) is 7.11. The minimum atomic E-state index is -4.98. The van der Waals surface area contributed by atoms with Gasteiger partial charge in [-0.05, 0) is 16.7 Å². The van der Waals surface area contributed by atoms with Crippen molar-refractivity contribution in [3.63, 3.8) is 0 Å². The number of hydrogen-bond donors (Lipinski definition) is 1. The van der Waals surface area contributed by atoms with Crippen LogP contribution in [0.3, 0.4) is 0 Å². The molecule has 1 atom stereocenters. The summed E-state index contributed by atoms with van der Waals surface area (Å²) in [5.74, 6) is -5.32. The van der Waals surface area contributed by atoms with E-state index in [9.17, 15) is 27.1 Å². The first kappa shape index (κ1) is 16.3. The monoisotopic (exact) mass is 344 g/mol. The Balaban J connectivity index is 1.83. The fourth-order valence-electron chi connectivity index (χ4n) is 2.22. The van der Waals surface area contributed by atoms with Gasteiger partial charge in [-0.25, -0.2) is 0 Å². The van der Waals surface area contributed by atoms with Gasteiger partial charge in [-0.1, -0.05) is 29.4 Å². The predicted molar refractivity (Wildman–Crippen MR) is 72.8 cm³/mol. The van der Waals surface area contributed by atoms with Crippen molar-refractivity contribution >= 4 is 5.71 Å². The van der Waals surface area contributed by atoms with Crippen LogP contribution in [0, 0.1) is 11.9 Å². The maximum absolute atomic E-state index is 13.1. The van der Waals surface area contributed by atoms with E-state index in [1.54, 1.807) is 0 Å². The van der Waals surface area contributed by atoms with Crippen LogP contribution in [-0.4, -0.2) is 27.8 Å². The van der Waals surface area contributed by atoms with Crippen molar-refractivity contribution in [2.45, 2.75) is 18.4 Å². The van der Waals surface area contributed by atoms with Crippen molar-refractivity contribution in [1.29, 1.82) is 0 Å². The molecule has 0 radical (unpaired) electrons. The zero-order chi connectivity index (χ0) is 17.5. The highest BCUT2D eigenvalue weighted by atomic mass is 19.4. The first-order valence-electron chi connectivity index (χ1n) is 6.66. The van der Waals surface area contributed by atoms with E-state index in [2.05, 4.69) is 15.0 Å². The molecule has 1 aliphatic heterocycles. The molecule has 1 unspecified atom stereocenters. The van der Waals surface area contributed by atoms with Crippen molar-refractivity contribution < 1.29 is 31.9 Å². The number of nitrogens with zero attached hydrogens (tertiary/aromatic N) is 2. The Labute approximate surface area is 132 Å². The summed E-state index contributed by atoms with van der Waals surface area (Å²) in [7, 11) is 0. The van der Waals surface area contributed by atoms with Gasteiger partial charge in [0.1, 0.15) is 0 Å². The van der Waals surface area contributed by atoms with Gasteiger partial charge in [0.2, 0.25) is 11.9 Å². The summed E-state index contributed by atoms with van der Waals surface area (Å²) in [6.45, 7) is 0. The zero-order valence-electron chi connectivity index (χ0n) is 11.8. The Morgan fingerprint density at radius 1 is 0.958 bits per heavy atom. The first-order valence-corrected chi connectivity index (χ1v) is 6.66. The molecule has 0 fully saturated rings. The predicted octanol–water partition coefficient (Wildman–Crippen LogP) is 3.40. The molecule has 0 bridgehead atoms. The summed E-state index contributed by atoms with van der Waals surface area (Å²) in [6.07, 6.45) is -5.83. The second-order valence-corrected chi connectivity index (χ2v) is 5.17. The normalized spacial score (nSPS) is 20.7. The molecule has 0 aliphatic carbocycles. The highest BCUT2D eigenvalue weighted by molar-refractivity contribution is 6.01. The Morgan fingerprint density at radius 2 is 1.50 bits per heavy atom. The lowest BCUT2D eigenvalue weighted by Gasteiger charge is -2.22. The summed E-state index contributed by atoms with van der Waals surface area (Å²) < 4.78 is 64.2. The minimum Gasteiger partial charge on any atom is -0.350 e. The van der Waals surface area contributed by atoms with Crippen LogP contribution in [-0.2, 0) is 4.84 Å². The summed E-state index contributed by atoms with van der Waals surface area (Å²) in [6, 6.07) is 7.78. The molecule has 1 aliphatic rings. The van der Waals surface area contributed by atoms with Gasteiger partial charge in [0, 0.05) is 12.1 Å². The number of aromatic nitrogens is 1. The molecule has 1 aromatic heterocycles. The Bertz CT molecular complexity index is 784. The van der Waals surface area contributed by atoms with Gasteiger partial charge in [0.25, 0.3) is 0 Å². The number of rotatable bonds is 2. The van der Waals surface area contributed by atoms with Crippen molar-refractivity contribution in [2.75, 3.05) is 0 Å². The Kier molecular flexibility index (Phi) is 3.75. The average molecular weight is 344 g/mol. The van der Waals surface area contributed by atoms with Crippen molar-refractivity contribution in [2.24, 2.45) is 5.16 Å².